The van der Waals surface area contributed by atoms with Crippen molar-refractivity contribution in [3.63, 3.8) is 0 Å². The van der Waals surface area contributed by atoms with Crippen LogP contribution in [0.5, 0.6) is 0 Å². The van der Waals surface area contributed by atoms with Crippen LogP contribution in [-0.2, 0) is 0 Å². The number of aryl methyl sites for hydroxylation is 2. The lowest BCUT2D eigenvalue weighted by Gasteiger charge is -1.89. The van der Waals surface area contributed by atoms with Crippen LogP contribution in [0.15, 0.2) is 15.3 Å². The number of aromatic nitrogens is 2. The van der Waals surface area contributed by atoms with E-state index in [9.17, 15) is 4.79 Å². The van der Waals surface area contributed by atoms with Gasteiger partial charge in [0.25, 0.3) is 0 Å². The Balaban J connectivity index is 0.000000461. The number of H-pyrrole nitrogens is 1. The summed E-state index contributed by atoms with van der Waals surface area (Å²) < 4.78 is 5.27. The Morgan fingerprint density at radius 2 is 2.00 bits per heavy atom. The van der Waals surface area contributed by atoms with E-state index in [2.05, 4.69) is 9.97 Å². The highest BCUT2D eigenvalue weighted by Crippen LogP contribution is 2.14. The van der Waals surface area contributed by atoms with Crippen LogP contribution >= 0.6 is 0 Å². The van der Waals surface area contributed by atoms with E-state index in [-0.39, 0.29) is 5.56 Å². The first kappa shape index (κ1) is 10.5. The molecule has 0 aliphatic rings. The van der Waals surface area contributed by atoms with E-state index in [1.807, 2.05) is 20.8 Å². The minimum atomic E-state index is -0.145. The van der Waals surface area contributed by atoms with Gasteiger partial charge in [-0.15, -0.1) is 0 Å². The first-order chi connectivity index (χ1) is 6.66. The van der Waals surface area contributed by atoms with Crippen LogP contribution in [0, 0.1) is 13.8 Å². The summed E-state index contributed by atoms with van der Waals surface area (Å²) in [5.41, 5.74) is 1.85. The lowest BCUT2D eigenvalue weighted by Crippen LogP contribution is -2.03. The number of nitrogens with zero attached hydrogens (tertiary/aromatic N) is 1. The van der Waals surface area contributed by atoms with Crippen LogP contribution in [0.4, 0.5) is 0 Å². The molecular weight excluding hydrogens is 180 g/mol. The molecule has 2 aromatic rings. The van der Waals surface area contributed by atoms with Gasteiger partial charge in [0.1, 0.15) is 0 Å². The summed E-state index contributed by atoms with van der Waals surface area (Å²) in [6, 6.07) is 1.49. The van der Waals surface area contributed by atoms with E-state index in [0.29, 0.717) is 17.1 Å². The summed E-state index contributed by atoms with van der Waals surface area (Å²) in [5, 5.41) is 0. The molecule has 1 N–H and O–H groups in total. The number of aromatic amines is 1. The molecule has 76 valence electrons. The summed E-state index contributed by atoms with van der Waals surface area (Å²) in [5.74, 6) is 0.565. The summed E-state index contributed by atoms with van der Waals surface area (Å²) in [6.45, 7) is 7.57. The molecule has 2 heterocycles. The highest BCUT2D eigenvalue weighted by atomic mass is 16.3. The van der Waals surface area contributed by atoms with E-state index in [1.54, 1.807) is 6.92 Å². The molecule has 0 aromatic carbocycles. The van der Waals surface area contributed by atoms with Crippen molar-refractivity contribution in [2.75, 3.05) is 0 Å². The zero-order valence-electron chi connectivity index (χ0n) is 8.84. The minimum absolute atomic E-state index is 0.145. The van der Waals surface area contributed by atoms with Gasteiger partial charge in [-0.3, -0.25) is 4.79 Å². The highest BCUT2D eigenvalue weighted by molar-refractivity contribution is 5.71. The third-order valence-electron chi connectivity index (χ3n) is 1.68. The average Bonchev–Trinajstić information content (AvgIpc) is 2.49. The second-order valence-electron chi connectivity index (χ2n) is 2.73. The van der Waals surface area contributed by atoms with Crippen LogP contribution in [0.2, 0.25) is 0 Å². The van der Waals surface area contributed by atoms with Crippen molar-refractivity contribution in [1.29, 1.82) is 0 Å². The van der Waals surface area contributed by atoms with Gasteiger partial charge in [0, 0.05) is 18.6 Å². The molecule has 2 rings (SSSR count). The summed E-state index contributed by atoms with van der Waals surface area (Å²) in [6.07, 6.45) is 0. The molecule has 0 atom stereocenters. The zero-order chi connectivity index (χ0) is 10.7. The second-order valence-corrected chi connectivity index (χ2v) is 2.73. The first-order valence-electron chi connectivity index (χ1n) is 4.64. The summed E-state index contributed by atoms with van der Waals surface area (Å²) in [7, 11) is 0. The van der Waals surface area contributed by atoms with E-state index in [4.69, 9.17) is 4.42 Å². The van der Waals surface area contributed by atoms with Crippen LogP contribution < -0.4 is 5.56 Å². The Kier molecular flexibility index (Phi) is 3.06. The third kappa shape index (κ3) is 1.84. The molecule has 4 heteroatoms. The van der Waals surface area contributed by atoms with Gasteiger partial charge in [0.05, 0.1) is 0 Å². The second kappa shape index (κ2) is 4.09. The molecule has 4 nitrogen and oxygen atoms in total. The zero-order valence-corrected chi connectivity index (χ0v) is 8.84. The van der Waals surface area contributed by atoms with Crippen molar-refractivity contribution in [2.45, 2.75) is 27.7 Å². The lowest BCUT2D eigenvalue weighted by molar-refractivity contribution is 0.559. The van der Waals surface area contributed by atoms with Gasteiger partial charge in [0.15, 0.2) is 17.1 Å². The normalized spacial score (nSPS) is 9.71. The molecule has 0 saturated carbocycles. The molecular formula is C10H14N2O2. The largest absolute Gasteiger partial charge is 0.439 e. The third-order valence-corrected chi connectivity index (χ3v) is 1.68. The quantitative estimate of drug-likeness (QED) is 0.699. The Morgan fingerprint density at radius 1 is 1.36 bits per heavy atom. The van der Waals surface area contributed by atoms with Gasteiger partial charge >= 0.3 is 0 Å². The highest BCUT2D eigenvalue weighted by Gasteiger charge is 2.05. The van der Waals surface area contributed by atoms with Crippen molar-refractivity contribution in [3.05, 3.63) is 27.9 Å². The number of nitrogens with one attached hydrogen (secondary N) is 1. The molecule has 0 amide bonds. The number of fused-ring (bicyclic) bond motifs is 1. The predicted octanol–water partition coefficient (Wildman–Crippen LogP) is 2.16. The molecule has 0 saturated heterocycles. The molecule has 0 spiro atoms. The van der Waals surface area contributed by atoms with Gasteiger partial charge in [0.2, 0.25) is 5.56 Å². The molecule has 0 radical (unpaired) electrons. The van der Waals surface area contributed by atoms with Gasteiger partial charge in [-0.05, 0) is 6.92 Å². The maximum absolute atomic E-state index is 11.0. The Morgan fingerprint density at radius 3 is 2.64 bits per heavy atom. The Hall–Kier alpha value is -1.58. The maximum atomic E-state index is 11.0. The molecule has 0 unspecified atom stereocenters. The van der Waals surface area contributed by atoms with E-state index >= 15 is 0 Å². The fourth-order valence-electron chi connectivity index (χ4n) is 1.19. The lowest BCUT2D eigenvalue weighted by atomic mass is 10.3. The topological polar surface area (TPSA) is 58.9 Å². The predicted molar refractivity (Wildman–Crippen MR) is 55.5 cm³/mol. The van der Waals surface area contributed by atoms with Crippen LogP contribution in [0.3, 0.4) is 0 Å². The molecule has 0 fully saturated rings. The molecule has 14 heavy (non-hydrogen) atoms. The number of oxazole rings is 1. The first-order valence-corrected chi connectivity index (χ1v) is 4.64. The minimum Gasteiger partial charge on any atom is -0.439 e. The van der Waals surface area contributed by atoms with Gasteiger partial charge in [-0.25, -0.2) is 0 Å². The van der Waals surface area contributed by atoms with Crippen LogP contribution in [0.25, 0.3) is 11.2 Å². The molecule has 0 aliphatic carbocycles. The summed E-state index contributed by atoms with van der Waals surface area (Å²) in [4.78, 5) is 17.6. The maximum Gasteiger partial charge on any atom is 0.250 e. The summed E-state index contributed by atoms with van der Waals surface area (Å²) >= 11 is 0. The van der Waals surface area contributed by atoms with Gasteiger partial charge < -0.3 is 9.40 Å². The standard InChI is InChI=1S/C8H8N2O2.C2H6/c1-4-3-6(11)10-8-7(4)12-5(2)9-8;1-2/h3H,1-2H3,(H,10,11);1-2H3. The fourth-order valence-corrected chi connectivity index (χ4v) is 1.19. The van der Waals surface area contributed by atoms with Gasteiger partial charge in [-0.2, -0.15) is 4.98 Å². The monoisotopic (exact) mass is 194 g/mol. The van der Waals surface area contributed by atoms with Gasteiger partial charge in [-0.1, -0.05) is 13.8 Å². The van der Waals surface area contributed by atoms with Crippen molar-refractivity contribution < 1.29 is 4.42 Å². The van der Waals surface area contributed by atoms with E-state index < -0.39 is 0 Å². The Bertz CT molecular complexity index is 482. The molecule has 0 bridgehead atoms. The number of rotatable bonds is 0. The van der Waals surface area contributed by atoms with Crippen molar-refractivity contribution >= 4 is 11.2 Å². The van der Waals surface area contributed by atoms with Crippen molar-refractivity contribution in [1.82, 2.24) is 9.97 Å². The molecule has 0 aliphatic heterocycles. The number of pyridine rings is 1. The van der Waals surface area contributed by atoms with Crippen molar-refractivity contribution in [2.24, 2.45) is 0 Å². The SMILES string of the molecule is CC.Cc1nc2[nH]c(=O)cc(C)c2o1. The molecule has 2 aromatic heterocycles. The van der Waals surface area contributed by atoms with E-state index in [0.717, 1.165) is 5.56 Å². The van der Waals surface area contributed by atoms with E-state index in [1.165, 1.54) is 6.07 Å². The smallest absolute Gasteiger partial charge is 0.250 e. The van der Waals surface area contributed by atoms with Crippen molar-refractivity contribution in [3.8, 4) is 0 Å². The van der Waals surface area contributed by atoms with Crippen LogP contribution in [0.1, 0.15) is 25.3 Å². The number of hydrogen-bond acceptors (Lipinski definition) is 3. The number of hydrogen-bond donors (Lipinski definition) is 1. The Labute approximate surface area is 82.0 Å². The average molecular weight is 194 g/mol. The van der Waals surface area contributed by atoms with Crippen LogP contribution in [-0.4, -0.2) is 9.97 Å². The fraction of sp³-hybridized carbons (Fsp3) is 0.400.